The van der Waals surface area contributed by atoms with Gasteiger partial charge in [0.15, 0.2) is 0 Å². The van der Waals surface area contributed by atoms with Crippen LogP contribution in [0.25, 0.3) is 6.08 Å². The Labute approximate surface area is 165 Å². The van der Waals surface area contributed by atoms with Crippen molar-refractivity contribution in [3.05, 3.63) is 76.4 Å². The van der Waals surface area contributed by atoms with E-state index in [0.717, 1.165) is 6.42 Å². The number of fused-ring (bicyclic) bond motifs is 3. The third-order valence-corrected chi connectivity index (χ3v) is 7.02. The van der Waals surface area contributed by atoms with Crippen molar-refractivity contribution < 1.29 is 0 Å². The Balaban J connectivity index is 2.05. The fraction of sp³-hybridized carbons (Fsp3) is 0.481. The highest BCUT2D eigenvalue weighted by molar-refractivity contribution is 5.71. The molecule has 1 aromatic rings. The molecule has 0 N–H and O–H groups in total. The van der Waals surface area contributed by atoms with Crippen molar-refractivity contribution in [2.24, 2.45) is 5.92 Å². The normalized spacial score (nSPS) is 23.0. The lowest BCUT2D eigenvalue weighted by Gasteiger charge is -2.45. The number of rotatable bonds is 6. The molecule has 1 aromatic carbocycles. The van der Waals surface area contributed by atoms with Gasteiger partial charge in [-0.2, -0.15) is 0 Å². The topological polar surface area (TPSA) is 0 Å². The van der Waals surface area contributed by atoms with Gasteiger partial charge in [0.2, 0.25) is 0 Å². The van der Waals surface area contributed by atoms with E-state index in [-0.39, 0.29) is 5.41 Å². The smallest absolute Gasteiger partial charge is 0.0453 e. The van der Waals surface area contributed by atoms with Crippen LogP contribution in [0.1, 0.15) is 82.8 Å². The zero-order valence-corrected chi connectivity index (χ0v) is 17.2. The van der Waals surface area contributed by atoms with Crippen LogP contribution < -0.4 is 0 Å². The van der Waals surface area contributed by atoms with Crippen LogP contribution in [0.2, 0.25) is 0 Å². The van der Waals surface area contributed by atoms with E-state index in [4.69, 9.17) is 0 Å². The Hall–Kier alpha value is -1.82. The van der Waals surface area contributed by atoms with Gasteiger partial charge in [0.05, 0.1) is 0 Å². The van der Waals surface area contributed by atoms with Crippen LogP contribution in [-0.4, -0.2) is 0 Å². The predicted octanol–water partition coefficient (Wildman–Crippen LogP) is 7.92. The van der Waals surface area contributed by atoms with Gasteiger partial charge in [-0.1, -0.05) is 80.3 Å². The van der Waals surface area contributed by atoms with E-state index in [1.807, 2.05) is 0 Å². The van der Waals surface area contributed by atoms with E-state index in [1.54, 1.807) is 27.9 Å². The zero-order chi connectivity index (χ0) is 18.9. The Bertz CT molecular complexity index is 782. The average molecular weight is 359 g/mol. The average Bonchev–Trinajstić information content (AvgIpc) is 2.96. The van der Waals surface area contributed by atoms with E-state index >= 15 is 0 Å². The highest BCUT2D eigenvalue weighted by Gasteiger charge is 2.52. The molecule has 0 aliphatic heterocycles. The van der Waals surface area contributed by atoms with Gasteiger partial charge in [-0.05, 0) is 73.1 Å². The minimum Gasteiger partial charge on any atom is -0.103 e. The van der Waals surface area contributed by atoms with Crippen molar-refractivity contribution in [3.8, 4) is 0 Å². The molecule has 0 heteroatoms. The van der Waals surface area contributed by atoms with E-state index in [1.165, 1.54) is 56.9 Å². The van der Waals surface area contributed by atoms with Gasteiger partial charge in [-0.25, -0.2) is 0 Å². The molecular formula is C27H34. The Morgan fingerprint density at radius 1 is 1.00 bits per heavy atom. The molecule has 0 aromatic heterocycles. The van der Waals surface area contributed by atoms with Crippen LogP contribution in [0.3, 0.4) is 0 Å². The molecule has 4 rings (SSSR count). The van der Waals surface area contributed by atoms with Crippen LogP contribution in [0.4, 0.5) is 0 Å². The SMILES string of the molecule is C=CCC1C=Cc2ccccc2C12C(CCC)=C1CCCCC1=C2CCC. The van der Waals surface area contributed by atoms with Gasteiger partial charge in [-0.3, -0.25) is 0 Å². The quantitative estimate of drug-likeness (QED) is 0.453. The van der Waals surface area contributed by atoms with Crippen LogP contribution in [0.5, 0.6) is 0 Å². The van der Waals surface area contributed by atoms with Gasteiger partial charge in [0.25, 0.3) is 0 Å². The molecule has 1 spiro atoms. The molecule has 0 saturated heterocycles. The summed E-state index contributed by atoms with van der Waals surface area (Å²) in [6.45, 7) is 8.84. The molecule has 1 atom stereocenters. The molecule has 1 unspecified atom stereocenters. The summed E-state index contributed by atoms with van der Waals surface area (Å²) in [7, 11) is 0. The summed E-state index contributed by atoms with van der Waals surface area (Å²) >= 11 is 0. The molecule has 142 valence electrons. The lowest BCUT2D eigenvalue weighted by Crippen LogP contribution is -2.39. The second-order valence-electron chi connectivity index (χ2n) is 8.51. The van der Waals surface area contributed by atoms with Crippen LogP contribution >= 0.6 is 0 Å². The first-order chi connectivity index (χ1) is 13.3. The summed E-state index contributed by atoms with van der Waals surface area (Å²) in [4.78, 5) is 0. The van der Waals surface area contributed by atoms with Crippen molar-refractivity contribution in [1.29, 1.82) is 0 Å². The number of allylic oxidation sites excluding steroid dienone is 6. The number of benzene rings is 1. The maximum atomic E-state index is 4.13. The van der Waals surface area contributed by atoms with Gasteiger partial charge in [0.1, 0.15) is 0 Å². The fourth-order valence-electron chi connectivity index (χ4n) is 6.20. The zero-order valence-electron chi connectivity index (χ0n) is 17.2. The summed E-state index contributed by atoms with van der Waals surface area (Å²) < 4.78 is 0. The lowest BCUT2D eigenvalue weighted by molar-refractivity contribution is 0.409. The molecule has 0 nitrogen and oxygen atoms in total. The first kappa shape index (κ1) is 18.5. The first-order valence-electron chi connectivity index (χ1n) is 11.1. The van der Waals surface area contributed by atoms with Crippen LogP contribution in [0.15, 0.2) is 65.3 Å². The minimum absolute atomic E-state index is 0.0978. The highest BCUT2D eigenvalue weighted by atomic mass is 14.5. The lowest BCUT2D eigenvalue weighted by atomic mass is 9.57. The van der Waals surface area contributed by atoms with Crippen LogP contribution in [0, 0.1) is 5.92 Å². The van der Waals surface area contributed by atoms with Crippen molar-refractivity contribution in [1.82, 2.24) is 0 Å². The molecule has 0 amide bonds. The predicted molar refractivity (Wildman–Crippen MR) is 118 cm³/mol. The molecule has 0 heterocycles. The van der Waals surface area contributed by atoms with Crippen molar-refractivity contribution >= 4 is 6.08 Å². The first-order valence-corrected chi connectivity index (χ1v) is 11.1. The Kier molecular flexibility index (Phi) is 5.26. The maximum absolute atomic E-state index is 4.13. The molecule has 0 radical (unpaired) electrons. The molecular weight excluding hydrogens is 324 g/mol. The van der Waals surface area contributed by atoms with Crippen molar-refractivity contribution in [2.45, 2.75) is 77.0 Å². The van der Waals surface area contributed by atoms with Gasteiger partial charge < -0.3 is 0 Å². The van der Waals surface area contributed by atoms with E-state index in [9.17, 15) is 0 Å². The molecule has 1 saturated carbocycles. The molecule has 3 aliphatic carbocycles. The van der Waals surface area contributed by atoms with E-state index in [0.29, 0.717) is 5.92 Å². The van der Waals surface area contributed by atoms with Crippen molar-refractivity contribution in [2.75, 3.05) is 0 Å². The Morgan fingerprint density at radius 3 is 2.22 bits per heavy atom. The summed E-state index contributed by atoms with van der Waals surface area (Å²) in [5, 5.41) is 0. The van der Waals surface area contributed by atoms with Gasteiger partial charge in [-0.15, -0.1) is 6.58 Å². The molecule has 1 fully saturated rings. The number of hydrogen-bond acceptors (Lipinski definition) is 0. The van der Waals surface area contributed by atoms with Crippen molar-refractivity contribution in [3.63, 3.8) is 0 Å². The van der Waals surface area contributed by atoms with E-state index < -0.39 is 0 Å². The molecule has 27 heavy (non-hydrogen) atoms. The Morgan fingerprint density at radius 2 is 1.63 bits per heavy atom. The third kappa shape index (κ3) is 2.72. The summed E-state index contributed by atoms with van der Waals surface area (Å²) in [5.74, 6) is 0.513. The summed E-state index contributed by atoms with van der Waals surface area (Å²) in [6, 6.07) is 9.21. The molecule has 0 bridgehead atoms. The highest BCUT2D eigenvalue weighted by Crippen LogP contribution is 2.61. The summed E-state index contributed by atoms with van der Waals surface area (Å²) in [5.41, 5.74) is 10.1. The monoisotopic (exact) mass is 358 g/mol. The largest absolute Gasteiger partial charge is 0.103 e. The second kappa shape index (κ2) is 7.66. The number of hydrogen-bond donors (Lipinski definition) is 0. The standard InChI is InChI=1S/C27H34/c1-4-11-21-19-18-20-14-7-10-17-24(20)27(21)25(12-5-2)22-15-8-9-16-23(22)26(27)13-6-3/h4,7,10,14,17-19,21H,1,5-6,8-9,11-13,15-16H2,2-3H3. The van der Waals surface area contributed by atoms with Crippen LogP contribution in [-0.2, 0) is 5.41 Å². The molecule has 3 aliphatic rings. The second-order valence-corrected chi connectivity index (χ2v) is 8.51. The van der Waals surface area contributed by atoms with Gasteiger partial charge in [0, 0.05) is 5.41 Å². The minimum atomic E-state index is 0.0978. The van der Waals surface area contributed by atoms with E-state index in [2.05, 4.69) is 62.9 Å². The maximum Gasteiger partial charge on any atom is 0.0453 e. The van der Waals surface area contributed by atoms with Gasteiger partial charge >= 0.3 is 0 Å². The fourth-order valence-corrected chi connectivity index (χ4v) is 6.20. The third-order valence-electron chi connectivity index (χ3n) is 7.02. The summed E-state index contributed by atoms with van der Waals surface area (Å²) in [6.07, 6.45) is 18.4.